The van der Waals surface area contributed by atoms with Crippen LogP contribution >= 0.6 is 11.6 Å². The van der Waals surface area contributed by atoms with Crippen molar-refractivity contribution < 1.29 is 14.6 Å². The Labute approximate surface area is 132 Å². The van der Waals surface area contributed by atoms with Crippen molar-refractivity contribution in [2.45, 2.75) is 63.0 Å². The normalized spacial score (nSPS) is 35.2. The molecule has 1 aliphatic heterocycles. The molecule has 2 rings (SSSR count). The number of ether oxygens (including phenoxy) is 1. The largest absolute Gasteiger partial charge is 0.481 e. The fourth-order valence-electron chi connectivity index (χ4n) is 3.47. The predicted molar refractivity (Wildman–Crippen MR) is 84.6 cm³/mol. The van der Waals surface area contributed by atoms with Crippen molar-refractivity contribution in [2.24, 2.45) is 11.8 Å². The van der Waals surface area contributed by atoms with Gasteiger partial charge in [0, 0.05) is 12.3 Å². The predicted octanol–water partition coefficient (Wildman–Crippen LogP) is 4.16. The zero-order valence-electron chi connectivity index (χ0n) is 12.6. The summed E-state index contributed by atoms with van der Waals surface area (Å²) in [7, 11) is 0. The van der Waals surface area contributed by atoms with E-state index in [0.29, 0.717) is 24.4 Å². The first kappa shape index (κ1) is 16.6. The fraction of sp³-hybridized carbons (Fsp3) is 0.706. The van der Waals surface area contributed by atoms with Gasteiger partial charge in [-0.2, -0.15) is 0 Å². The third kappa shape index (κ3) is 4.33. The van der Waals surface area contributed by atoms with Crippen LogP contribution in [-0.2, 0) is 9.53 Å². The summed E-state index contributed by atoms with van der Waals surface area (Å²) >= 11 is 6.33. The van der Waals surface area contributed by atoms with Crippen molar-refractivity contribution in [1.29, 1.82) is 0 Å². The zero-order valence-corrected chi connectivity index (χ0v) is 13.3. The van der Waals surface area contributed by atoms with E-state index in [1.54, 1.807) is 0 Å². The third-order valence-electron chi connectivity index (χ3n) is 4.50. The Morgan fingerprint density at radius 1 is 1.38 bits per heavy atom. The molecule has 2 fully saturated rings. The van der Waals surface area contributed by atoms with Gasteiger partial charge in [-0.05, 0) is 38.0 Å². The first-order valence-corrected chi connectivity index (χ1v) is 8.40. The highest BCUT2D eigenvalue weighted by Crippen LogP contribution is 2.48. The van der Waals surface area contributed by atoms with E-state index in [-0.39, 0.29) is 17.9 Å². The summed E-state index contributed by atoms with van der Waals surface area (Å²) in [6.07, 6.45) is 14.0. The molecule has 118 valence electrons. The van der Waals surface area contributed by atoms with Crippen LogP contribution in [0.3, 0.4) is 0 Å². The maximum absolute atomic E-state index is 10.4. The summed E-state index contributed by atoms with van der Waals surface area (Å²) in [5, 5.41) is 8.70. The zero-order chi connectivity index (χ0) is 15.2. The van der Waals surface area contributed by atoms with Gasteiger partial charge in [-0.25, -0.2) is 0 Å². The summed E-state index contributed by atoms with van der Waals surface area (Å²) in [6.45, 7) is 2.18. The molecule has 0 spiro atoms. The molecule has 21 heavy (non-hydrogen) atoms. The number of carboxylic acids is 1. The van der Waals surface area contributed by atoms with Crippen molar-refractivity contribution >= 4 is 17.6 Å². The van der Waals surface area contributed by atoms with Crippen LogP contribution in [0.2, 0.25) is 0 Å². The lowest BCUT2D eigenvalue weighted by molar-refractivity contribution is -0.137. The van der Waals surface area contributed by atoms with E-state index >= 15 is 0 Å². The van der Waals surface area contributed by atoms with Gasteiger partial charge in [-0.15, -0.1) is 11.6 Å². The Kier molecular flexibility index (Phi) is 6.31. The maximum Gasteiger partial charge on any atom is 0.303 e. The second-order valence-electron chi connectivity index (χ2n) is 5.96. The first-order chi connectivity index (χ1) is 10.1. The lowest BCUT2D eigenvalue weighted by Gasteiger charge is -2.23. The molecular weight excluding hydrogens is 288 g/mol. The molecule has 4 heteroatoms. The Bertz CT molecular complexity index is 405. The Balaban J connectivity index is 1.70. The summed E-state index contributed by atoms with van der Waals surface area (Å²) < 4.78 is 6.01. The van der Waals surface area contributed by atoms with Crippen LogP contribution in [0.1, 0.15) is 45.4 Å². The number of fused-ring (bicyclic) bond motifs is 2. The van der Waals surface area contributed by atoms with Gasteiger partial charge in [0.05, 0.1) is 17.6 Å². The number of unbranched alkanes of at least 4 members (excludes halogenated alkanes) is 1. The van der Waals surface area contributed by atoms with Gasteiger partial charge in [0.2, 0.25) is 0 Å². The number of hydrogen-bond donors (Lipinski definition) is 1. The van der Waals surface area contributed by atoms with Crippen molar-refractivity contribution in [2.75, 3.05) is 0 Å². The molecule has 0 aromatic carbocycles. The van der Waals surface area contributed by atoms with Gasteiger partial charge in [0.1, 0.15) is 0 Å². The Morgan fingerprint density at radius 3 is 2.90 bits per heavy atom. The van der Waals surface area contributed by atoms with Gasteiger partial charge < -0.3 is 9.84 Å². The van der Waals surface area contributed by atoms with E-state index in [1.807, 2.05) is 0 Å². The second kappa shape index (κ2) is 8.00. The van der Waals surface area contributed by atoms with E-state index in [1.165, 1.54) is 0 Å². The molecule has 2 aliphatic rings. The summed E-state index contributed by atoms with van der Waals surface area (Å²) in [5.74, 6) is 0.331. The molecule has 0 aromatic rings. The highest BCUT2D eigenvalue weighted by molar-refractivity contribution is 6.21. The van der Waals surface area contributed by atoms with E-state index in [0.717, 1.165) is 25.7 Å². The molecule has 0 amide bonds. The lowest BCUT2D eigenvalue weighted by Crippen LogP contribution is -2.27. The SMILES string of the molecule is CCC1OC2C(Cl)CC1C2C=CCC=CCCCC(=O)O. The number of carboxylic acid groups (broad SMARTS) is 1. The maximum atomic E-state index is 10.4. The number of halogens is 1. The fourth-order valence-corrected chi connectivity index (χ4v) is 3.90. The van der Waals surface area contributed by atoms with Crippen molar-refractivity contribution in [3.63, 3.8) is 0 Å². The van der Waals surface area contributed by atoms with Crippen LogP contribution < -0.4 is 0 Å². The standard InChI is InChI=1S/C17H25ClO3/c1-2-15-13-11-14(18)17(21-15)12(13)9-7-5-3-4-6-8-10-16(19)20/h3-4,7,9,12-15,17H,2,5-6,8,10-11H2,1H3,(H,19,20). The molecular formula is C17H25ClO3. The Hall–Kier alpha value is -0.800. The lowest BCUT2D eigenvalue weighted by atomic mass is 9.91. The molecule has 1 saturated carbocycles. The summed E-state index contributed by atoms with van der Waals surface area (Å²) in [4.78, 5) is 10.4. The molecule has 0 radical (unpaired) electrons. The van der Waals surface area contributed by atoms with Crippen molar-refractivity contribution in [3.05, 3.63) is 24.3 Å². The van der Waals surface area contributed by atoms with Crippen LogP contribution in [0.5, 0.6) is 0 Å². The van der Waals surface area contributed by atoms with Gasteiger partial charge in [0.15, 0.2) is 0 Å². The van der Waals surface area contributed by atoms with E-state index in [2.05, 4.69) is 31.2 Å². The van der Waals surface area contributed by atoms with Crippen molar-refractivity contribution in [1.82, 2.24) is 0 Å². The van der Waals surface area contributed by atoms with Crippen LogP contribution in [-0.4, -0.2) is 28.7 Å². The summed E-state index contributed by atoms with van der Waals surface area (Å²) in [5.41, 5.74) is 0. The number of hydrogen-bond acceptors (Lipinski definition) is 2. The Morgan fingerprint density at radius 2 is 2.19 bits per heavy atom. The minimum absolute atomic E-state index is 0.166. The quantitative estimate of drug-likeness (QED) is 0.416. The number of alkyl halides is 1. The third-order valence-corrected chi connectivity index (χ3v) is 4.92. The molecule has 1 N–H and O–H groups in total. The average molecular weight is 313 g/mol. The minimum Gasteiger partial charge on any atom is -0.481 e. The average Bonchev–Trinajstić information content (AvgIpc) is 2.94. The smallest absolute Gasteiger partial charge is 0.303 e. The van der Waals surface area contributed by atoms with E-state index in [9.17, 15) is 4.79 Å². The number of aliphatic carboxylic acids is 1. The molecule has 3 nitrogen and oxygen atoms in total. The number of allylic oxidation sites excluding steroid dienone is 3. The molecule has 5 atom stereocenters. The topological polar surface area (TPSA) is 46.5 Å². The number of rotatable bonds is 8. The molecule has 2 bridgehead atoms. The van der Waals surface area contributed by atoms with Crippen molar-refractivity contribution in [3.8, 4) is 0 Å². The second-order valence-corrected chi connectivity index (χ2v) is 6.52. The molecule has 1 aliphatic carbocycles. The van der Waals surface area contributed by atoms with Crippen LogP contribution in [0.4, 0.5) is 0 Å². The van der Waals surface area contributed by atoms with Crippen LogP contribution in [0.15, 0.2) is 24.3 Å². The molecule has 1 heterocycles. The highest BCUT2D eigenvalue weighted by Gasteiger charge is 2.52. The number of carbonyl (C=O) groups is 1. The van der Waals surface area contributed by atoms with E-state index in [4.69, 9.17) is 21.4 Å². The van der Waals surface area contributed by atoms with Gasteiger partial charge in [-0.3, -0.25) is 4.79 Å². The first-order valence-electron chi connectivity index (χ1n) is 7.96. The van der Waals surface area contributed by atoms with E-state index < -0.39 is 5.97 Å². The van der Waals surface area contributed by atoms with Crippen LogP contribution in [0, 0.1) is 11.8 Å². The summed E-state index contributed by atoms with van der Waals surface area (Å²) in [6, 6.07) is 0. The highest BCUT2D eigenvalue weighted by atomic mass is 35.5. The monoisotopic (exact) mass is 312 g/mol. The van der Waals surface area contributed by atoms with Gasteiger partial charge >= 0.3 is 5.97 Å². The van der Waals surface area contributed by atoms with Gasteiger partial charge in [-0.1, -0.05) is 31.2 Å². The van der Waals surface area contributed by atoms with Gasteiger partial charge in [0.25, 0.3) is 0 Å². The minimum atomic E-state index is -0.721. The molecule has 0 aromatic heterocycles. The molecule has 5 unspecified atom stereocenters. The molecule has 1 saturated heterocycles. The van der Waals surface area contributed by atoms with Crippen LogP contribution in [0.25, 0.3) is 0 Å².